The van der Waals surface area contributed by atoms with Crippen molar-refractivity contribution in [1.29, 1.82) is 0 Å². The Kier molecular flexibility index (Phi) is 3.84. The van der Waals surface area contributed by atoms with Crippen molar-refractivity contribution in [1.82, 2.24) is 9.97 Å². The highest BCUT2D eigenvalue weighted by Gasteiger charge is 2.21. The highest BCUT2D eigenvalue weighted by molar-refractivity contribution is 6.37. The van der Waals surface area contributed by atoms with Gasteiger partial charge in [-0.05, 0) is 12.5 Å². The van der Waals surface area contributed by atoms with E-state index in [2.05, 4.69) is 9.97 Å². The first kappa shape index (κ1) is 14.3. The molecule has 0 atom stereocenters. The summed E-state index contributed by atoms with van der Waals surface area (Å²) in [5.74, 6) is 0.652. The highest BCUT2D eigenvalue weighted by Crippen LogP contribution is 2.34. The van der Waals surface area contributed by atoms with E-state index in [0.717, 1.165) is 11.1 Å². The van der Waals surface area contributed by atoms with Gasteiger partial charge in [0.25, 0.3) is 0 Å². The van der Waals surface area contributed by atoms with Gasteiger partial charge < -0.3 is 0 Å². The molecule has 0 spiro atoms. The summed E-state index contributed by atoms with van der Waals surface area (Å²) in [6.07, 6.45) is 0. The molecule has 0 radical (unpaired) electrons. The molecule has 2 rings (SSSR count). The molecule has 0 N–H and O–H groups in total. The van der Waals surface area contributed by atoms with Crippen LogP contribution in [-0.2, 0) is 5.41 Å². The fourth-order valence-electron chi connectivity index (χ4n) is 1.78. The number of aryl methyl sites for hydroxylation is 1. The Hall–Kier alpha value is -1.12. The number of rotatable bonds is 1. The first-order valence-corrected chi connectivity index (χ1v) is 6.85. The minimum absolute atomic E-state index is 0.182. The number of hydrogen-bond acceptors (Lipinski definition) is 2. The van der Waals surface area contributed by atoms with Crippen molar-refractivity contribution in [3.05, 3.63) is 46.0 Å². The summed E-state index contributed by atoms with van der Waals surface area (Å²) in [5, 5.41) is 0.797. The van der Waals surface area contributed by atoms with E-state index in [0.29, 0.717) is 21.7 Å². The van der Waals surface area contributed by atoms with Crippen LogP contribution in [-0.4, -0.2) is 9.97 Å². The molecule has 0 bridgehead atoms. The quantitative estimate of drug-likeness (QED) is 0.687. The molecular weight excluding hydrogens is 279 g/mol. The Morgan fingerprint density at radius 3 is 2.05 bits per heavy atom. The Labute approximate surface area is 123 Å². The third-order valence-corrected chi connectivity index (χ3v) is 3.35. The number of nitrogens with zero attached hydrogens (tertiary/aromatic N) is 2. The molecule has 1 aromatic carbocycles. The number of aromatic nitrogens is 2. The standard InChI is InChI=1S/C15H16Cl2N2/c1-9-6-5-7-10(8-9)11-12(16)18-14(15(2,3)4)19-13(11)17/h5-8H,1-4H3. The Morgan fingerprint density at radius 1 is 1.00 bits per heavy atom. The van der Waals surface area contributed by atoms with Gasteiger partial charge in [0.1, 0.15) is 16.1 Å². The van der Waals surface area contributed by atoms with Crippen LogP contribution in [0.1, 0.15) is 32.2 Å². The average molecular weight is 295 g/mol. The second-order valence-electron chi connectivity index (χ2n) is 5.62. The highest BCUT2D eigenvalue weighted by atomic mass is 35.5. The van der Waals surface area contributed by atoms with E-state index < -0.39 is 0 Å². The van der Waals surface area contributed by atoms with Gasteiger partial charge in [0.05, 0.1) is 5.56 Å². The lowest BCUT2D eigenvalue weighted by Crippen LogP contribution is -2.16. The summed E-state index contributed by atoms with van der Waals surface area (Å²) in [5.41, 5.74) is 2.60. The van der Waals surface area contributed by atoms with Gasteiger partial charge in [-0.3, -0.25) is 0 Å². The molecule has 0 aliphatic heterocycles. The maximum Gasteiger partial charge on any atom is 0.142 e. The van der Waals surface area contributed by atoms with Gasteiger partial charge in [-0.25, -0.2) is 9.97 Å². The third-order valence-electron chi connectivity index (χ3n) is 2.80. The molecule has 19 heavy (non-hydrogen) atoms. The molecule has 0 unspecified atom stereocenters. The van der Waals surface area contributed by atoms with Gasteiger partial charge in [0, 0.05) is 5.41 Å². The lowest BCUT2D eigenvalue weighted by Gasteiger charge is -2.18. The largest absolute Gasteiger partial charge is 0.220 e. The van der Waals surface area contributed by atoms with Crippen LogP contribution in [0.3, 0.4) is 0 Å². The summed E-state index contributed by atoms with van der Waals surface area (Å²) in [4.78, 5) is 8.76. The normalized spacial score (nSPS) is 11.7. The van der Waals surface area contributed by atoms with E-state index in [1.807, 2.05) is 52.0 Å². The van der Waals surface area contributed by atoms with E-state index in [1.54, 1.807) is 0 Å². The van der Waals surface area contributed by atoms with Crippen molar-refractivity contribution < 1.29 is 0 Å². The zero-order chi connectivity index (χ0) is 14.2. The molecule has 0 aliphatic rings. The molecule has 0 amide bonds. The van der Waals surface area contributed by atoms with Crippen molar-refractivity contribution in [2.75, 3.05) is 0 Å². The molecule has 1 heterocycles. The lowest BCUT2D eigenvalue weighted by molar-refractivity contribution is 0.545. The molecule has 0 aliphatic carbocycles. The molecule has 0 saturated carbocycles. The zero-order valence-corrected chi connectivity index (χ0v) is 13.0. The van der Waals surface area contributed by atoms with Crippen LogP contribution < -0.4 is 0 Å². The first-order valence-electron chi connectivity index (χ1n) is 6.09. The topological polar surface area (TPSA) is 25.8 Å². The van der Waals surface area contributed by atoms with Crippen molar-refractivity contribution in [3.8, 4) is 11.1 Å². The SMILES string of the molecule is Cc1cccc(-c2c(Cl)nc(C(C)(C)C)nc2Cl)c1. The molecule has 0 saturated heterocycles. The van der Waals surface area contributed by atoms with Gasteiger partial charge >= 0.3 is 0 Å². The maximum absolute atomic E-state index is 6.29. The number of halogens is 2. The Balaban J connectivity index is 2.60. The van der Waals surface area contributed by atoms with Gasteiger partial charge in [-0.1, -0.05) is 73.8 Å². The van der Waals surface area contributed by atoms with Gasteiger partial charge in [0.15, 0.2) is 0 Å². The second-order valence-corrected chi connectivity index (χ2v) is 6.34. The van der Waals surface area contributed by atoms with E-state index in [1.165, 1.54) is 0 Å². The monoisotopic (exact) mass is 294 g/mol. The first-order chi connectivity index (χ1) is 8.79. The summed E-state index contributed by atoms with van der Waals surface area (Å²) in [7, 11) is 0. The van der Waals surface area contributed by atoms with Crippen LogP contribution >= 0.6 is 23.2 Å². The third kappa shape index (κ3) is 3.07. The van der Waals surface area contributed by atoms with Gasteiger partial charge in [0.2, 0.25) is 0 Å². The molecule has 2 nitrogen and oxygen atoms in total. The summed E-state index contributed by atoms with van der Waals surface area (Å²) in [6, 6.07) is 7.97. The van der Waals surface area contributed by atoms with Crippen molar-refractivity contribution in [3.63, 3.8) is 0 Å². The Morgan fingerprint density at radius 2 is 1.58 bits per heavy atom. The average Bonchev–Trinajstić information content (AvgIpc) is 2.26. The zero-order valence-electron chi connectivity index (χ0n) is 11.5. The van der Waals surface area contributed by atoms with Crippen LogP contribution in [0.2, 0.25) is 10.3 Å². The maximum atomic E-state index is 6.29. The van der Waals surface area contributed by atoms with Crippen molar-refractivity contribution in [2.45, 2.75) is 33.1 Å². The fraction of sp³-hybridized carbons (Fsp3) is 0.333. The predicted molar refractivity (Wildman–Crippen MR) is 80.9 cm³/mol. The van der Waals surface area contributed by atoms with Crippen LogP contribution in [0.15, 0.2) is 24.3 Å². The summed E-state index contributed by atoms with van der Waals surface area (Å²) in [6.45, 7) is 8.11. The van der Waals surface area contributed by atoms with Crippen LogP contribution in [0, 0.1) is 6.92 Å². The van der Waals surface area contributed by atoms with Crippen LogP contribution in [0.5, 0.6) is 0 Å². The van der Waals surface area contributed by atoms with Crippen LogP contribution in [0.25, 0.3) is 11.1 Å². The molecular formula is C15H16Cl2N2. The van der Waals surface area contributed by atoms with E-state index >= 15 is 0 Å². The van der Waals surface area contributed by atoms with Crippen LogP contribution in [0.4, 0.5) is 0 Å². The second kappa shape index (κ2) is 5.10. The minimum Gasteiger partial charge on any atom is -0.220 e. The van der Waals surface area contributed by atoms with E-state index in [-0.39, 0.29) is 5.41 Å². The molecule has 0 fully saturated rings. The fourth-order valence-corrected chi connectivity index (χ4v) is 2.39. The molecule has 2 aromatic rings. The molecule has 4 heteroatoms. The summed E-state index contributed by atoms with van der Waals surface area (Å²) < 4.78 is 0. The predicted octanol–water partition coefficient (Wildman–Crippen LogP) is 5.06. The van der Waals surface area contributed by atoms with Crippen molar-refractivity contribution >= 4 is 23.2 Å². The van der Waals surface area contributed by atoms with Gasteiger partial charge in [-0.15, -0.1) is 0 Å². The minimum atomic E-state index is -0.182. The van der Waals surface area contributed by atoms with Crippen molar-refractivity contribution in [2.24, 2.45) is 0 Å². The summed E-state index contributed by atoms with van der Waals surface area (Å²) >= 11 is 12.6. The van der Waals surface area contributed by atoms with E-state index in [4.69, 9.17) is 23.2 Å². The molecule has 100 valence electrons. The Bertz CT molecular complexity index is 593. The van der Waals surface area contributed by atoms with Gasteiger partial charge in [-0.2, -0.15) is 0 Å². The number of hydrogen-bond donors (Lipinski definition) is 0. The molecule has 1 aromatic heterocycles. The smallest absolute Gasteiger partial charge is 0.142 e. The van der Waals surface area contributed by atoms with E-state index in [9.17, 15) is 0 Å². The lowest BCUT2D eigenvalue weighted by atomic mass is 9.95. The number of benzene rings is 1.